The number of aromatic nitrogens is 2. The lowest BCUT2D eigenvalue weighted by Gasteiger charge is -2.35. The maximum atomic E-state index is 14.0. The van der Waals surface area contributed by atoms with Crippen LogP contribution in [0.25, 0.3) is 0 Å². The highest BCUT2D eigenvalue weighted by molar-refractivity contribution is 5.99. The lowest BCUT2D eigenvalue weighted by Crippen LogP contribution is -2.44. The molecular weight excluding hydrogens is 471 g/mol. The molecule has 2 aliphatic rings. The highest BCUT2D eigenvalue weighted by Crippen LogP contribution is 2.44. The molecule has 2 N–H and O–H groups in total. The van der Waals surface area contributed by atoms with E-state index < -0.39 is 24.2 Å². The van der Waals surface area contributed by atoms with E-state index in [1.165, 1.54) is 6.20 Å². The van der Waals surface area contributed by atoms with Crippen LogP contribution in [0.5, 0.6) is 0 Å². The smallest absolute Gasteiger partial charge is 0.379 e. The molecule has 3 aromatic rings. The molecule has 5 rings (SSSR count). The summed E-state index contributed by atoms with van der Waals surface area (Å²) in [7, 11) is 0. The fraction of sp³-hybridized carbons (Fsp3) is 0.385. The van der Waals surface area contributed by atoms with Crippen molar-refractivity contribution >= 4 is 11.7 Å². The quantitative estimate of drug-likeness (QED) is 0.528. The minimum atomic E-state index is -4.50. The minimum Gasteiger partial charge on any atom is -0.379 e. The molecule has 1 saturated heterocycles. The van der Waals surface area contributed by atoms with Gasteiger partial charge in [-0.1, -0.05) is 60.7 Å². The maximum Gasteiger partial charge on any atom is 0.410 e. The number of fused-ring (bicyclic) bond motifs is 1. The summed E-state index contributed by atoms with van der Waals surface area (Å²) < 4.78 is 48.3. The number of amides is 1. The summed E-state index contributed by atoms with van der Waals surface area (Å²) in [4.78, 5) is 15.5. The molecule has 36 heavy (non-hydrogen) atoms. The molecule has 0 bridgehead atoms. The zero-order valence-electron chi connectivity index (χ0n) is 19.6. The Morgan fingerprint density at radius 1 is 1.08 bits per heavy atom. The van der Waals surface area contributed by atoms with Gasteiger partial charge in [-0.2, -0.15) is 18.3 Å². The molecule has 1 aromatic heterocycles. The van der Waals surface area contributed by atoms with Gasteiger partial charge < -0.3 is 15.4 Å². The van der Waals surface area contributed by atoms with Crippen molar-refractivity contribution in [3.63, 3.8) is 0 Å². The number of carbonyl (C=O) groups excluding carboxylic acids is 1. The van der Waals surface area contributed by atoms with E-state index in [0.29, 0.717) is 19.8 Å². The van der Waals surface area contributed by atoms with Crippen LogP contribution in [0.2, 0.25) is 0 Å². The number of nitrogens with zero attached hydrogens (tertiary/aromatic N) is 3. The number of morpholine rings is 1. The Balaban J connectivity index is 1.38. The van der Waals surface area contributed by atoms with Crippen LogP contribution in [0, 0.1) is 0 Å². The van der Waals surface area contributed by atoms with Crippen molar-refractivity contribution in [3.05, 3.63) is 83.6 Å². The molecule has 0 aliphatic carbocycles. The molecule has 7 nitrogen and oxygen atoms in total. The first-order chi connectivity index (χ1) is 17.4. The van der Waals surface area contributed by atoms with Crippen molar-refractivity contribution in [2.24, 2.45) is 0 Å². The average Bonchev–Trinajstić information content (AvgIpc) is 3.33. The monoisotopic (exact) mass is 499 g/mol. The van der Waals surface area contributed by atoms with Gasteiger partial charge in [-0.25, -0.2) is 4.68 Å². The van der Waals surface area contributed by atoms with E-state index in [4.69, 9.17) is 4.74 Å². The Bertz CT molecular complexity index is 1160. The van der Waals surface area contributed by atoms with Crippen molar-refractivity contribution in [2.45, 2.75) is 30.7 Å². The Hall–Kier alpha value is -3.37. The molecule has 2 aliphatic heterocycles. The SMILES string of the molecule is O=C(NCC(c1ccccc1)N1CCOCC1)c1cnn2c1N[C@@H](c1ccccc1)C[C@H]2C(F)(F)F. The van der Waals surface area contributed by atoms with E-state index in [1.807, 2.05) is 36.4 Å². The van der Waals surface area contributed by atoms with E-state index in [-0.39, 0.29) is 23.8 Å². The second kappa shape index (κ2) is 10.3. The van der Waals surface area contributed by atoms with E-state index >= 15 is 0 Å². The van der Waals surface area contributed by atoms with Gasteiger partial charge in [0.05, 0.1) is 31.5 Å². The molecule has 0 radical (unpaired) electrons. The topological polar surface area (TPSA) is 71.4 Å². The lowest BCUT2D eigenvalue weighted by atomic mass is 9.96. The van der Waals surface area contributed by atoms with Gasteiger partial charge in [0, 0.05) is 26.1 Å². The molecule has 10 heteroatoms. The second-order valence-electron chi connectivity index (χ2n) is 9.04. The molecule has 3 atom stereocenters. The van der Waals surface area contributed by atoms with Crippen molar-refractivity contribution in [1.29, 1.82) is 0 Å². The number of alkyl halides is 3. The van der Waals surface area contributed by atoms with Crippen LogP contribution in [0.4, 0.5) is 19.0 Å². The van der Waals surface area contributed by atoms with Crippen LogP contribution in [0.15, 0.2) is 66.9 Å². The summed E-state index contributed by atoms with van der Waals surface area (Å²) in [6.45, 7) is 2.98. The number of halogens is 3. The number of benzene rings is 2. The maximum absolute atomic E-state index is 14.0. The van der Waals surface area contributed by atoms with Crippen LogP contribution in [-0.4, -0.2) is 59.6 Å². The molecule has 3 heterocycles. The van der Waals surface area contributed by atoms with Gasteiger partial charge in [0.2, 0.25) is 0 Å². The van der Waals surface area contributed by atoms with Gasteiger partial charge in [-0.05, 0) is 11.1 Å². The molecule has 0 saturated carbocycles. The number of carbonyl (C=O) groups is 1. The highest BCUT2D eigenvalue weighted by atomic mass is 19.4. The van der Waals surface area contributed by atoms with Crippen molar-refractivity contribution < 1.29 is 22.7 Å². The normalized spacial score (nSPS) is 21.3. The predicted molar refractivity (Wildman–Crippen MR) is 129 cm³/mol. The third-order valence-corrected chi connectivity index (χ3v) is 6.81. The zero-order chi connectivity index (χ0) is 25.1. The summed E-state index contributed by atoms with van der Waals surface area (Å²) in [5.41, 5.74) is 1.87. The fourth-order valence-electron chi connectivity index (χ4n) is 4.94. The number of rotatable bonds is 6. The van der Waals surface area contributed by atoms with Crippen molar-refractivity contribution in [3.8, 4) is 0 Å². The van der Waals surface area contributed by atoms with Crippen LogP contribution in [0.3, 0.4) is 0 Å². The number of nitrogens with one attached hydrogen (secondary N) is 2. The Kier molecular flexibility index (Phi) is 6.97. The van der Waals surface area contributed by atoms with Crippen LogP contribution in [-0.2, 0) is 4.74 Å². The van der Waals surface area contributed by atoms with E-state index in [1.54, 1.807) is 24.3 Å². The summed E-state index contributed by atoms with van der Waals surface area (Å²) in [5, 5.41) is 10.1. The minimum absolute atomic E-state index is 0.0811. The van der Waals surface area contributed by atoms with Crippen molar-refractivity contribution in [2.75, 3.05) is 38.2 Å². The van der Waals surface area contributed by atoms with Gasteiger partial charge in [0.1, 0.15) is 11.4 Å². The number of hydrogen-bond donors (Lipinski definition) is 2. The predicted octanol–water partition coefficient (Wildman–Crippen LogP) is 4.35. The van der Waals surface area contributed by atoms with Gasteiger partial charge in [-0.3, -0.25) is 9.69 Å². The molecular formula is C26H28F3N5O2. The lowest BCUT2D eigenvalue weighted by molar-refractivity contribution is -0.173. The van der Waals surface area contributed by atoms with E-state index in [0.717, 1.165) is 28.9 Å². The molecule has 190 valence electrons. The van der Waals surface area contributed by atoms with Gasteiger partial charge in [0.25, 0.3) is 5.91 Å². The third-order valence-electron chi connectivity index (χ3n) is 6.81. The van der Waals surface area contributed by atoms with Crippen LogP contribution in [0.1, 0.15) is 46.0 Å². The molecule has 1 amide bonds. The first-order valence-electron chi connectivity index (χ1n) is 12.0. The largest absolute Gasteiger partial charge is 0.410 e. The highest BCUT2D eigenvalue weighted by Gasteiger charge is 2.47. The van der Waals surface area contributed by atoms with Gasteiger partial charge >= 0.3 is 6.18 Å². The fourth-order valence-corrected chi connectivity index (χ4v) is 4.94. The molecule has 2 aromatic carbocycles. The standard InChI is InChI=1S/C26H28F3N5O2/c27-26(28,29)23-15-21(18-7-3-1-4-8-18)32-24-20(16-31-34(23)24)25(35)30-17-22(19-9-5-2-6-10-19)33-11-13-36-14-12-33/h1-10,16,21-23,32H,11-15,17H2,(H,30,35)/t21-,22?,23+/m1/s1. The van der Waals surface area contributed by atoms with Crippen LogP contribution < -0.4 is 10.6 Å². The first-order valence-corrected chi connectivity index (χ1v) is 12.0. The number of anilines is 1. The van der Waals surface area contributed by atoms with Crippen LogP contribution >= 0.6 is 0 Å². The Labute approximate surface area is 207 Å². The summed E-state index contributed by atoms with van der Waals surface area (Å²) in [6.07, 6.45) is -3.50. The first kappa shape index (κ1) is 24.3. The van der Waals surface area contributed by atoms with Crippen molar-refractivity contribution in [1.82, 2.24) is 20.0 Å². The van der Waals surface area contributed by atoms with E-state index in [9.17, 15) is 18.0 Å². The summed E-state index contributed by atoms with van der Waals surface area (Å²) in [6, 6.07) is 16.3. The zero-order valence-corrected chi connectivity index (χ0v) is 19.6. The third kappa shape index (κ3) is 5.10. The molecule has 1 unspecified atom stereocenters. The summed E-state index contributed by atoms with van der Waals surface area (Å²) in [5.74, 6) is -0.384. The number of hydrogen-bond acceptors (Lipinski definition) is 5. The van der Waals surface area contributed by atoms with Gasteiger partial charge in [-0.15, -0.1) is 0 Å². The molecule has 1 fully saturated rings. The molecule has 0 spiro atoms. The van der Waals surface area contributed by atoms with E-state index in [2.05, 4.69) is 20.6 Å². The van der Waals surface area contributed by atoms with Gasteiger partial charge in [0.15, 0.2) is 6.04 Å². The number of ether oxygens (including phenoxy) is 1. The Morgan fingerprint density at radius 3 is 2.42 bits per heavy atom. The second-order valence-corrected chi connectivity index (χ2v) is 9.04. The Morgan fingerprint density at radius 2 is 1.75 bits per heavy atom. The summed E-state index contributed by atoms with van der Waals surface area (Å²) >= 11 is 0. The average molecular weight is 500 g/mol.